The molecule has 0 saturated heterocycles. The second kappa shape index (κ2) is 11.6. The van der Waals surface area contributed by atoms with E-state index in [1.54, 1.807) is 0 Å². The minimum Gasteiger partial charge on any atom is -0.435 e. The van der Waals surface area contributed by atoms with Crippen molar-refractivity contribution in [2.75, 3.05) is 0 Å². The van der Waals surface area contributed by atoms with E-state index in [2.05, 4.69) is 127 Å². The number of benzene rings is 7. The molecule has 7 aromatic carbocycles. The first kappa shape index (κ1) is 28.6. The molecule has 234 valence electrons. The highest BCUT2D eigenvalue weighted by Gasteiger charge is 2.19. The molecule has 3 heterocycles. The van der Waals surface area contributed by atoms with Crippen LogP contribution in [0.25, 0.3) is 98.5 Å². The summed E-state index contributed by atoms with van der Waals surface area (Å²) < 4.78 is 9.21. The zero-order valence-electron chi connectivity index (χ0n) is 26.7. The summed E-state index contributed by atoms with van der Waals surface area (Å²) in [6.45, 7) is 0. The Hall–Kier alpha value is -6.43. The van der Waals surface area contributed by atoms with Crippen molar-refractivity contribution in [3.8, 4) is 56.5 Å². The van der Waals surface area contributed by atoms with Crippen LogP contribution >= 0.6 is 11.3 Å². The summed E-state index contributed by atoms with van der Waals surface area (Å²) in [6, 6.07) is 56.8. The van der Waals surface area contributed by atoms with Gasteiger partial charge >= 0.3 is 0 Å². The molecule has 0 spiro atoms. The van der Waals surface area contributed by atoms with Gasteiger partial charge in [-0.25, -0.2) is 15.0 Å². The van der Waals surface area contributed by atoms with Crippen LogP contribution in [0.1, 0.15) is 0 Å². The minimum absolute atomic E-state index is 0.580. The molecule has 0 N–H and O–H groups in total. The van der Waals surface area contributed by atoms with Gasteiger partial charge in [0.05, 0.1) is 11.4 Å². The number of rotatable bonds is 5. The third kappa shape index (κ3) is 4.87. The lowest BCUT2D eigenvalue weighted by molar-refractivity contribution is 0.623. The molecule has 10 aromatic rings. The Balaban J connectivity index is 1.17. The van der Waals surface area contributed by atoms with Crippen molar-refractivity contribution in [3.05, 3.63) is 164 Å². The predicted octanol–water partition coefficient (Wildman–Crippen LogP) is 12.5. The molecule has 0 bridgehead atoms. The predicted molar refractivity (Wildman–Crippen MR) is 207 cm³/mol. The van der Waals surface area contributed by atoms with Crippen LogP contribution in [-0.4, -0.2) is 15.0 Å². The Labute approximate surface area is 292 Å². The van der Waals surface area contributed by atoms with Crippen LogP contribution in [0.15, 0.2) is 168 Å². The van der Waals surface area contributed by atoms with Gasteiger partial charge in [-0.05, 0) is 59.0 Å². The molecule has 0 fully saturated rings. The zero-order chi connectivity index (χ0) is 33.0. The topological polar surface area (TPSA) is 51.8 Å². The number of thiophene rings is 1. The highest BCUT2D eigenvalue weighted by Crippen LogP contribution is 2.39. The fraction of sp³-hybridized carbons (Fsp3) is 0. The van der Waals surface area contributed by atoms with Crippen LogP contribution in [0.3, 0.4) is 0 Å². The molecule has 0 atom stereocenters. The summed E-state index contributed by atoms with van der Waals surface area (Å²) in [5.41, 5.74) is 9.41. The van der Waals surface area contributed by atoms with Gasteiger partial charge in [-0.3, -0.25) is 0 Å². The van der Waals surface area contributed by atoms with Crippen molar-refractivity contribution in [1.82, 2.24) is 15.0 Å². The normalized spacial score (nSPS) is 11.6. The van der Waals surface area contributed by atoms with E-state index in [0.717, 1.165) is 66.6 Å². The molecule has 0 radical (unpaired) electrons. The van der Waals surface area contributed by atoms with Gasteiger partial charge in [-0.15, -0.1) is 11.3 Å². The van der Waals surface area contributed by atoms with Gasteiger partial charge in [0, 0.05) is 47.8 Å². The first-order valence-corrected chi connectivity index (χ1v) is 17.4. The van der Waals surface area contributed by atoms with Crippen molar-refractivity contribution in [1.29, 1.82) is 0 Å². The lowest BCUT2D eigenvalue weighted by atomic mass is 10.0. The molecular weight excluding hydrogens is 631 g/mol. The highest BCUT2D eigenvalue weighted by molar-refractivity contribution is 7.25. The zero-order valence-corrected chi connectivity index (χ0v) is 27.6. The maximum Gasteiger partial charge on any atom is 0.227 e. The summed E-state index contributed by atoms with van der Waals surface area (Å²) >= 11 is 1.82. The SMILES string of the molecule is c1ccc(-c2cccc(-c3nc4ccc5cccc(-c6nc(-c7ccccc7)cc(-c7ccc8sc9ccccc9c8c7)n6)c5c4o3)c2)cc1. The third-order valence-electron chi connectivity index (χ3n) is 9.32. The van der Waals surface area contributed by atoms with Gasteiger partial charge in [-0.1, -0.05) is 121 Å². The summed E-state index contributed by atoms with van der Waals surface area (Å²) in [7, 11) is 0. The molecule has 0 aliphatic heterocycles. The fourth-order valence-electron chi connectivity index (χ4n) is 6.89. The standard InChI is InChI=1S/C45H27N3OS/c1-3-11-28(12-4-1)31-16-9-17-33(25-31)45-48-37-23-21-30-15-10-19-35(42(30)43(37)49-45)44-46-38(29-13-5-2-6-14-29)27-39(47-44)32-22-24-41-36(26-32)34-18-7-8-20-40(34)50-41/h1-27H. The number of nitrogens with zero attached hydrogens (tertiary/aromatic N) is 3. The molecule has 0 unspecified atom stereocenters. The van der Waals surface area contributed by atoms with Gasteiger partial charge in [0.2, 0.25) is 5.89 Å². The smallest absolute Gasteiger partial charge is 0.227 e. The van der Waals surface area contributed by atoms with Gasteiger partial charge in [0.1, 0.15) is 5.52 Å². The van der Waals surface area contributed by atoms with Crippen LogP contribution in [0, 0.1) is 0 Å². The Bertz CT molecular complexity index is 2870. The molecule has 50 heavy (non-hydrogen) atoms. The molecular formula is C45H27N3OS. The van der Waals surface area contributed by atoms with Crippen LogP contribution in [0.2, 0.25) is 0 Å². The number of fused-ring (bicyclic) bond motifs is 6. The first-order valence-electron chi connectivity index (χ1n) is 16.6. The Morgan fingerprint density at radius 1 is 0.440 bits per heavy atom. The average Bonchev–Trinajstić information content (AvgIpc) is 3.80. The van der Waals surface area contributed by atoms with Gasteiger partial charge < -0.3 is 4.42 Å². The number of hydrogen-bond donors (Lipinski definition) is 0. The molecule has 0 aliphatic rings. The van der Waals surface area contributed by atoms with E-state index in [-0.39, 0.29) is 0 Å². The second-order valence-corrected chi connectivity index (χ2v) is 13.5. The Kier molecular flexibility index (Phi) is 6.64. The van der Waals surface area contributed by atoms with Gasteiger partial charge in [-0.2, -0.15) is 0 Å². The van der Waals surface area contributed by atoms with Gasteiger partial charge in [0.15, 0.2) is 11.4 Å². The van der Waals surface area contributed by atoms with Gasteiger partial charge in [0.25, 0.3) is 0 Å². The van der Waals surface area contributed by atoms with E-state index in [4.69, 9.17) is 19.4 Å². The third-order valence-corrected chi connectivity index (χ3v) is 10.5. The lowest BCUT2D eigenvalue weighted by Crippen LogP contribution is -1.96. The van der Waals surface area contributed by atoms with Crippen molar-refractivity contribution in [2.24, 2.45) is 0 Å². The number of hydrogen-bond acceptors (Lipinski definition) is 5. The van der Waals surface area contributed by atoms with Crippen molar-refractivity contribution >= 4 is 53.4 Å². The maximum absolute atomic E-state index is 6.66. The molecule has 4 nitrogen and oxygen atoms in total. The summed E-state index contributed by atoms with van der Waals surface area (Å²) in [5.74, 6) is 1.22. The molecule has 0 aliphatic carbocycles. The molecule has 0 saturated carbocycles. The van der Waals surface area contributed by atoms with Crippen molar-refractivity contribution in [2.45, 2.75) is 0 Å². The van der Waals surface area contributed by atoms with E-state index in [1.807, 2.05) is 47.7 Å². The Morgan fingerprint density at radius 2 is 1.14 bits per heavy atom. The Morgan fingerprint density at radius 3 is 2.00 bits per heavy atom. The minimum atomic E-state index is 0.580. The maximum atomic E-state index is 6.66. The van der Waals surface area contributed by atoms with Crippen LogP contribution in [-0.2, 0) is 0 Å². The fourth-order valence-corrected chi connectivity index (χ4v) is 7.97. The van der Waals surface area contributed by atoms with E-state index < -0.39 is 0 Å². The summed E-state index contributed by atoms with van der Waals surface area (Å²) in [4.78, 5) is 15.4. The first-order chi connectivity index (χ1) is 24.7. The number of oxazole rings is 1. The van der Waals surface area contributed by atoms with E-state index in [1.165, 1.54) is 20.2 Å². The lowest BCUT2D eigenvalue weighted by Gasteiger charge is -2.11. The molecule has 5 heteroatoms. The number of aromatic nitrogens is 3. The van der Waals surface area contributed by atoms with Crippen molar-refractivity contribution < 1.29 is 4.42 Å². The van der Waals surface area contributed by atoms with Crippen molar-refractivity contribution in [3.63, 3.8) is 0 Å². The van der Waals surface area contributed by atoms with Crippen LogP contribution < -0.4 is 0 Å². The molecule has 0 amide bonds. The summed E-state index contributed by atoms with van der Waals surface area (Å²) in [5, 5.41) is 4.48. The highest BCUT2D eigenvalue weighted by atomic mass is 32.1. The average molecular weight is 658 g/mol. The van der Waals surface area contributed by atoms with E-state index in [0.29, 0.717) is 11.7 Å². The van der Waals surface area contributed by atoms with E-state index in [9.17, 15) is 0 Å². The molecule has 10 rings (SSSR count). The molecule has 3 aromatic heterocycles. The quantitative estimate of drug-likeness (QED) is 0.185. The second-order valence-electron chi connectivity index (χ2n) is 12.4. The van der Waals surface area contributed by atoms with E-state index >= 15 is 0 Å². The monoisotopic (exact) mass is 657 g/mol. The van der Waals surface area contributed by atoms with Crippen LogP contribution in [0.5, 0.6) is 0 Å². The largest absolute Gasteiger partial charge is 0.435 e. The summed E-state index contributed by atoms with van der Waals surface area (Å²) in [6.07, 6.45) is 0. The van der Waals surface area contributed by atoms with Crippen LogP contribution in [0.4, 0.5) is 0 Å².